The van der Waals surface area contributed by atoms with E-state index >= 15 is 0 Å². The van der Waals surface area contributed by atoms with Gasteiger partial charge >= 0.3 is 0 Å². The summed E-state index contributed by atoms with van der Waals surface area (Å²) < 4.78 is 6.68. The molecule has 0 spiro atoms. The van der Waals surface area contributed by atoms with Crippen molar-refractivity contribution < 1.29 is 26.2 Å². The summed E-state index contributed by atoms with van der Waals surface area (Å²) in [5, 5.41) is 0.175. The molecule has 0 saturated carbocycles. The van der Waals surface area contributed by atoms with E-state index in [1.165, 1.54) is 96.4 Å². The molecule has 0 amide bonds. The maximum absolute atomic E-state index is 5.60. The monoisotopic (exact) mass is 499 g/mol. The van der Waals surface area contributed by atoms with Crippen LogP contribution in [0.5, 0.6) is 0 Å². The number of halogens is 2. The molecule has 2 nitrogen and oxygen atoms in total. The third-order valence-corrected chi connectivity index (χ3v) is 5.43. The Kier molecular flexibility index (Phi) is 23.1. The third-order valence-electron chi connectivity index (χ3n) is 5.16. The molecule has 0 saturated heterocycles. The molecule has 0 aliphatic heterocycles. The average Bonchev–Trinajstić information content (AvgIpc) is 2.54. The van der Waals surface area contributed by atoms with Gasteiger partial charge in [-0.05, 0) is 19.8 Å². The lowest BCUT2D eigenvalue weighted by molar-refractivity contribution is -0.891. The zero-order valence-corrected chi connectivity index (χ0v) is 21.4. The summed E-state index contributed by atoms with van der Waals surface area (Å²) in [5.41, 5.74) is 0. The van der Waals surface area contributed by atoms with E-state index in [4.69, 9.17) is 4.74 Å². The Morgan fingerprint density at radius 2 is 1.08 bits per heavy atom. The van der Waals surface area contributed by atoms with Gasteiger partial charge in [0.15, 0.2) is 0 Å². The number of quaternary nitrogens is 1. The standard InChI is InChI=1S/C22H47BrNO.BrH/c1-5-6-7-8-9-10-11-12-13-14-15-16-17-18-19-24(3,4)20-21-25-22(2)23;/h22H,5-21H2,1-4H3;1H/q+1;/p-1. The van der Waals surface area contributed by atoms with Crippen molar-refractivity contribution >= 4 is 15.9 Å². The number of likely N-dealkylation sites (N-methyl/N-ethyl adjacent to an activating group) is 1. The predicted molar refractivity (Wildman–Crippen MR) is 116 cm³/mol. The minimum absolute atomic E-state index is 0. The van der Waals surface area contributed by atoms with Crippen LogP contribution < -0.4 is 17.0 Å². The third kappa shape index (κ3) is 22.9. The van der Waals surface area contributed by atoms with Crippen LogP contribution in [0.25, 0.3) is 0 Å². The largest absolute Gasteiger partial charge is 1.00 e. The van der Waals surface area contributed by atoms with Crippen LogP contribution >= 0.6 is 15.9 Å². The molecule has 1 unspecified atom stereocenters. The Morgan fingerprint density at radius 1 is 0.692 bits per heavy atom. The van der Waals surface area contributed by atoms with E-state index in [0.29, 0.717) is 0 Å². The summed E-state index contributed by atoms with van der Waals surface area (Å²) in [5.74, 6) is 0. The average molecular weight is 501 g/mol. The highest BCUT2D eigenvalue weighted by Crippen LogP contribution is 2.13. The van der Waals surface area contributed by atoms with Gasteiger partial charge in [-0.25, -0.2) is 0 Å². The van der Waals surface area contributed by atoms with Crippen molar-refractivity contribution in [2.45, 2.75) is 109 Å². The van der Waals surface area contributed by atoms with Gasteiger partial charge in [0, 0.05) is 0 Å². The zero-order valence-electron chi connectivity index (χ0n) is 18.2. The van der Waals surface area contributed by atoms with Crippen LogP contribution in [0.3, 0.4) is 0 Å². The number of nitrogens with zero attached hydrogens (tertiary/aromatic N) is 1. The van der Waals surface area contributed by atoms with Crippen LogP contribution in [0.2, 0.25) is 0 Å². The first-order valence-electron chi connectivity index (χ1n) is 11.1. The molecule has 0 aromatic rings. The van der Waals surface area contributed by atoms with Crippen LogP contribution in [-0.4, -0.2) is 43.3 Å². The SMILES string of the molecule is CCCCCCCCCCCCCCCC[N+](C)(C)CCOC(C)Br.[Br-]. The van der Waals surface area contributed by atoms with Gasteiger partial charge in [0.25, 0.3) is 0 Å². The summed E-state index contributed by atoms with van der Waals surface area (Å²) in [4.78, 5) is 0. The quantitative estimate of drug-likeness (QED) is 0.146. The van der Waals surface area contributed by atoms with Crippen molar-refractivity contribution in [3.63, 3.8) is 0 Å². The topological polar surface area (TPSA) is 9.23 Å². The molecule has 0 bridgehead atoms. The number of hydrogen-bond donors (Lipinski definition) is 0. The van der Waals surface area contributed by atoms with Crippen molar-refractivity contribution in [2.75, 3.05) is 33.8 Å². The van der Waals surface area contributed by atoms with E-state index in [9.17, 15) is 0 Å². The first-order chi connectivity index (χ1) is 12.0. The predicted octanol–water partition coefficient (Wildman–Crippen LogP) is 4.31. The summed E-state index contributed by atoms with van der Waals surface area (Å²) in [7, 11) is 4.65. The lowest BCUT2D eigenvalue weighted by Crippen LogP contribution is -3.00. The van der Waals surface area contributed by atoms with E-state index in [0.717, 1.165) is 17.6 Å². The molecule has 0 aliphatic carbocycles. The van der Waals surface area contributed by atoms with Crippen LogP contribution in [-0.2, 0) is 4.74 Å². The Bertz CT molecular complexity index is 273. The van der Waals surface area contributed by atoms with Crippen LogP contribution in [0.15, 0.2) is 0 Å². The number of rotatable bonds is 19. The Labute approximate surface area is 184 Å². The van der Waals surface area contributed by atoms with Crippen molar-refractivity contribution in [2.24, 2.45) is 0 Å². The number of unbranched alkanes of at least 4 members (excludes halogenated alkanes) is 13. The number of alkyl halides is 1. The molecular weight excluding hydrogens is 454 g/mol. The number of hydrogen-bond acceptors (Lipinski definition) is 1. The second-order valence-corrected chi connectivity index (χ2v) is 9.68. The van der Waals surface area contributed by atoms with E-state index in [2.05, 4.69) is 36.9 Å². The molecule has 0 heterocycles. The maximum Gasteiger partial charge on any atom is 0.110 e. The molecule has 0 radical (unpaired) electrons. The van der Waals surface area contributed by atoms with E-state index in [1.54, 1.807) is 0 Å². The molecule has 0 N–H and O–H groups in total. The van der Waals surface area contributed by atoms with Crippen molar-refractivity contribution in [1.29, 1.82) is 0 Å². The highest BCUT2D eigenvalue weighted by Gasteiger charge is 2.14. The lowest BCUT2D eigenvalue weighted by atomic mass is 10.0. The van der Waals surface area contributed by atoms with Crippen LogP contribution in [0.1, 0.15) is 104 Å². The Balaban J connectivity index is 0. The van der Waals surface area contributed by atoms with E-state index in [1.807, 2.05) is 6.92 Å². The smallest absolute Gasteiger partial charge is 0.110 e. The second-order valence-electron chi connectivity index (χ2n) is 8.39. The van der Waals surface area contributed by atoms with Gasteiger partial charge in [0.05, 0.1) is 27.2 Å². The molecule has 0 rings (SSSR count). The molecule has 0 aromatic carbocycles. The van der Waals surface area contributed by atoms with Crippen molar-refractivity contribution in [3.05, 3.63) is 0 Å². The van der Waals surface area contributed by atoms with Crippen LogP contribution in [0, 0.1) is 0 Å². The van der Waals surface area contributed by atoms with E-state index in [-0.39, 0.29) is 22.0 Å². The lowest BCUT2D eigenvalue weighted by Gasteiger charge is -2.30. The summed E-state index contributed by atoms with van der Waals surface area (Å²) in [6.07, 6.45) is 20.1. The molecular formula is C22H47Br2NO. The molecule has 0 fully saturated rings. The summed E-state index contributed by atoms with van der Waals surface area (Å²) in [6, 6.07) is 0. The van der Waals surface area contributed by atoms with Gasteiger partial charge in [-0.3, -0.25) is 0 Å². The van der Waals surface area contributed by atoms with Gasteiger partial charge in [-0.15, -0.1) is 0 Å². The van der Waals surface area contributed by atoms with Gasteiger partial charge in [-0.1, -0.05) is 99.9 Å². The fraction of sp³-hybridized carbons (Fsp3) is 1.00. The normalized spacial score (nSPS) is 12.8. The summed E-state index contributed by atoms with van der Waals surface area (Å²) >= 11 is 3.43. The van der Waals surface area contributed by atoms with Gasteiger partial charge in [-0.2, -0.15) is 0 Å². The Morgan fingerprint density at radius 3 is 1.46 bits per heavy atom. The van der Waals surface area contributed by atoms with Crippen LogP contribution in [0.4, 0.5) is 0 Å². The summed E-state index contributed by atoms with van der Waals surface area (Å²) in [6.45, 7) is 7.56. The van der Waals surface area contributed by atoms with E-state index < -0.39 is 0 Å². The Hall–Kier alpha value is 0.880. The highest BCUT2D eigenvalue weighted by molar-refractivity contribution is 9.09. The molecule has 26 heavy (non-hydrogen) atoms. The van der Waals surface area contributed by atoms with Crippen molar-refractivity contribution in [1.82, 2.24) is 0 Å². The fourth-order valence-electron chi connectivity index (χ4n) is 3.31. The van der Waals surface area contributed by atoms with Gasteiger partial charge in [0.2, 0.25) is 0 Å². The molecule has 0 aliphatic rings. The first kappa shape index (κ1) is 29.1. The van der Waals surface area contributed by atoms with Gasteiger partial charge < -0.3 is 26.2 Å². The second kappa shape index (κ2) is 20.6. The number of ether oxygens (including phenoxy) is 1. The fourth-order valence-corrected chi connectivity index (χ4v) is 3.50. The molecule has 1 atom stereocenters. The highest BCUT2D eigenvalue weighted by atomic mass is 79.9. The minimum Gasteiger partial charge on any atom is -1.00 e. The zero-order chi connectivity index (χ0) is 18.8. The molecule has 0 aromatic heterocycles. The molecule has 160 valence electrons. The van der Waals surface area contributed by atoms with Crippen molar-refractivity contribution in [3.8, 4) is 0 Å². The first-order valence-corrected chi connectivity index (χ1v) is 12.0. The minimum atomic E-state index is 0. The maximum atomic E-state index is 5.60. The van der Waals surface area contributed by atoms with Gasteiger partial charge in [0.1, 0.15) is 11.6 Å². The molecule has 4 heteroatoms.